The van der Waals surface area contributed by atoms with Crippen LogP contribution in [0.25, 0.3) is 72.4 Å². The zero-order valence-corrected chi connectivity index (χ0v) is 35.0. The van der Waals surface area contributed by atoms with Crippen LogP contribution in [0.3, 0.4) is 0 Å². The van der Waals surface area contributed by atoms with Crippen LogP contribution in [0.15, 0.2) is 176 Å². The van der Waals surface area contributed by atoms with Crippen LogP contribution in [0.1, 0.15) is 59.5 Å². The second-order valence-electron chi connectivity index (χ2n) is 17.4. The molecule has 0 radical (unpaired) electrons. The van der Waals surface area contributed by atoms with E-state index in [1.165, 1.54) is 0 Å². The van der Waals surface area contributed by atoms with Crippen LogP contribution >= 0.6 is 0 Å². The van der Waals surface area contributed by atoms with Gasteiger partial charge in [-0.2, -0.15) is 0 Å². The maximum Gasteiger partial charge on any atom is 0.269 e. The fourth-order valence-corrected chi connectivity index (χ4v) is 8.13. The number of fused-ring (bicyclic) bond motifs is 4. The van der Waals surface area contributed by atoms with Gasteiger partial charge in [0.2, 0.25) is 5.95 Å². The summed E-state index contributed by atoms with van der Waals surface area (Å²) in [4.78, 5) is 9.16. The maximum atomic E-state index is 9.17. The molecule has 298 valence electrons. The Balaban J connectivity index is 1.16. The first-order chi connectivity index (χ1) is 31.6. The fraction of sp³-hybridized carbons (Fsp3) is 0.145. The van der Waals surface area contributed by atoms with Gasteiger partial charge in [-0.15, -0.1) is 0 Å². The Bertz CT molecular complexity index is 3490. The Labute approximate surface area is 364 Å². The smallest absolute Gasteiger partial charge is 0.269 e. The van der Waals surface area contributed by atoms with Crippen molar-refractivity contribution in [3.63, 3.8) is 0 Å². The van der Waals surface area contributed by atoms with Gasteiger partial charge in [-0.3, -0.25) is 13.7 Å². The second-order valence-corrected chi connectivity index (χ2v) is 17.4. The summed E-state index contributed by atoms with van der Waals surface area (Å²) < 4.78 is 56.8. The van der Waals surface area contributed by atoms with Crippen molar-refractivity contribution in [2.24, 2.45) is 0 Å². The fourth-order valence-electron chi connectivity index (χ4n) is 8.13. The summed E-state index contributed by atoms with van der Waals surface area (Å²) in [6, 6.07) is 42.6. The molecule has 0 N–H and O–H groups in total. The molecule has 0 spiro atoms. The minimum Gasteiger partial charge on any atom is -0.458 e. The summed E-state index contributed by atoms with van der Waals surface area (Å²) in [5.74, 6) is 1.82. The molecule has 6 nitrogen and oxygen atoms in total. The van der Waals surface area contributed by atoms with Gasteiger partial charge in [0.25, 0.3) is 6.33 Å². The molecule has 0 fully saturated rings. The molecule has 10 rings (SSSR count). The number of hydrogen-bond donors (Lipinski definition) is 0. The Kier molecular flexibility index (Phi) is 7.87. The molecule has 10 aromatic rings. The van der Waals surface area contributed by atoms with E-state index in [4.69, 9.17) is 11.6 Å². The standard InChI is InChI=1S/C55H47N5O/c1-54(2,3)39-31-38(32-40(33-39)55(4,5)6)45-23-15-22-44(37-17-8-7-9-18-37)52(45)59-36-58(49-25-12-13-26-50(49)59)41-19-14-20-42(34-41)61-43-27-28-47-46-21-10-11-24-48(46)60(51(47)35-43)53-56-29-16-30-57-53/h7-35H,1-6H3/i7D,8D,9D,17D,18D. The summed E-state index contributed by atoms with van der Waals surface area (Å²) in [7, 11) is 0. The van der Waals surface area contributed by atoms with E-state index < -0.39 is 18.1 Å². The summed E-state index contributed by atoms with van der Waals surface area (Å²) in [6.45, 7) is 13.2. The molecule has 3 aromatic heterocycles. The van der Waals surface area contributed by atoms with E-state index in [0.29, 0.717) is 28.7 Å². The lowest BCUT2D eigenvalue weighted by Crippen LogP contribution is -2.31. The molecule has 0 atom stereocenters. The zero-order chi connectivity index (χ0) is 46.2. The van der Waals surface area contributed by atoms with E-state index in [1.54, 1.807) is 18.5 Å². The average molecular weight is 799 g/mol. The van der Waals surface area contributed by atoms with Gasteiger partial charge in [-0.1, -0.05) is 157 Å². The second kappa shape index (κ2) is 14.8. The first kappa shape index (κ1) is 32.5. The molecule has 0 aliphatic rings. The van der Waals surface area contributed by atoms with Crippen molar-refractivity contribution >= 4 is 32.8 Å². The number of nitrogens with zero attached hydrogens (tertiary/aromatic N) is 5. The van der Waals surface area contributed by atoms with Crippen LogP contribution in [-0.2, 0) is 10.8 Å². The van der Waals surface area contributed by atoms with Gasteiger partial charge in [0.15, 0.2) is 0 Å². The zero-order valence-electron chi connectivity index (χ0n) is 40.0. The molecule has 0 aliphatic heterocycles. The quantitative estimate of drug-likeness (QED) is 0.119. The number of ether oxygens (including phenoxy) is 1. The highest BCUT2D eigenvalue weighted by molar-refractivity contribution is 6.09. The lowest BCUT2D eigenvalue weighted by molar-refractivity contribution is -0.571. The number of benzene rings is 7. The van der Waals surface area contributed by atoms with Crippen LogP contribution in [0.4, 0.5) is 0 Å². The van der Waals surface area contributed by atoms with Crippen LogP contribution in [0.5, 0.6) is 11.5 Å². The first-order valence-electron chi connectivity index (χ1n) is 23.0. The number of aromatic nitrogens is 5. The van der Waals surface area contributed by atoms with Crippen molar-refractivity contribution in [1.82, 2.24) is 19.1 Å². The predicted octanol–water partition coefficient (Wildman–Crippen LogP) is 13.3. The number of hydrogen-bond acceptors (Lipinski definition) is 3. The SMILES string of the molecule is [2H]c1c([2H])c([2H])c(-c2cccc(-c3cc(C(C)(C)C)cc(C(C)(C)C)c3)c2-[n+]2[c-]n(-c3cccc(Oc4ccc5c6ccccc6n(-c6ncccn6)c5c4)c3)c3ccccc32)c([2H])c1[2H]. The number of imidazole rings is 1. The Hall–Kier alpha value is -7.31. The third kappa shape index (κ3) is 6.94. The average Bonchev–Trinajstić information content (AvgIpc) is 3.86. The molecule has 0 unspecified atom stereocenters. The van der Waals surface area contributed by atoms with Crippen molar-refractivity contribution in [1.29, 1.82) is 0 Å². The van der Waals surface area contributed by atoms with Crippen LogP contribution < -0.4 is 9.30 Å². The Morgan fingerprint density at radius 2 is 1.21 bits per heavy atom. The van der Waals surface area contributed by atoms with Gasteiger partial charge < -0.3 is 4.74 Å². The van der Waals surface area contributed by atoms with E-state index in [-0.39, 0.29) is 28.5 Å². The Morgan fingerprint density at radius 3 is 1.95 bits per heavy atom. The molecule has 0 amide bonds. The Morgan fingerprint density at radius 1 is 0.574 bits per heavy atom. The number of para-hydroxylation sites is 4. The normalized spacial score (nSPS) is 13.2. The molecule has 3 heterocycles. The van der Waals surface area contributed by atoms with Crippen LogP contribution in [-0.4, -0.2) is 19.1 Å². The van der Waals surface area contributed by atoms with E-state index >= 15 is 0 Å². The monoisotopic (exact) mass is 798 g/mol. The predicted molar refractivity (Wildman–Crippen MR) is 248 cm³/mol. The van der Waals surface area contributed by atoms with Gasteiger partial charge in [0, 0.05) is 29.2 Å². The highest BCUT2D eigenvalue weighted by Crippen LogP contribution is 2.40. The highest BCUT2D eigenvalue weighted by Gasteiger charge is 2.25. The third-order valence-electron chi connectivity index (χ3n) is 11.3. The van der Waals surface area contributed by atoms with E-state index in [2.05, 4.69) is 94.2 Å². The number of rotatable bonds is 7. The van der Waals surface area contributed by atoms with Crippen molar-refractivity contribution < 1.29 is 16.2 Å². The minimum atomic E-state index is -0.440. The minimum absolute atomic E-state index is 0.115. The topological polar surface area (TPSA) is 48.8 Å². The van der Waals surface area contributed by atoms with Gasteiger partial charge in [-0.25, -0.2) is 9.97 Å². The van der Waals surface area contributed by atoms with Gasteiger partial charge in [-0.05, 0) is 86.7 Å². The maximum absolute atomic E-state index is 9.17. The van der Waals surface area contributed by atoms with Gasteiger partial charge in [0.1, 0.15) is 11.5 Å². The first-order valence-corrected chi connectivity index (χ1v) is 20.5. The molecule has 7 aromatic carbocycles. The van der Waals surface area contributed by atoms with E-state index in [9.17, 15) is 0 Å². The molecular formula is C55H47N5O. The van der Waals surface area contributed by atoms with Crippen LogP contribution in [0, 0.1) is 6.33 Å². The molecule has 0 aliphatic carbocycles. The molecule has 61 heavy (non-hydrogen) atoms. The molecule has 6 heteroatoms. The lowest BCUT2D eigenvalue weighted by atomic mass is 9.78. The van der Waals surface area contributed by atoms with Crippen molar-refractivity contribution in [2.45, 2.75) is 52.4 Å². The van der Waals surface area contributed by atoms with Crippen molar-refractivity contribution in [3.05, 3.63) is 194 Å². The molecular weight excluding hydrogens is 747 g/mol. The summed E-state index contributed by atoms with van der Waals surface area (Å²) >= 11 is 0. The highest BCUT2D eigenvalue weighted by atomic mass is 16.5. The molecule has 0 saturated carbocycles. The molecule has 0 bridgehead atoms. The summed E-state index contributed by atoms with van der Waals surface area (Å²) in [5.41, 5.74) is 9.29. The summed E-state index contributed by atoms with van der Waals surface area (Å²) in [6.07, 6.45) is 7.15. The lowest BCUT2D eigenvalue weighted by Gasteiger charge is -2.27. The van der Waals surface area contributed by atoms with E-state index in [1.807, 2.05) is 105 Å². The third-order valence-corrected chi connectivity index (χ3v) is 11.3. The van der Waals surface area contributed by atoms with Gasteiger partial charge in [0.05, 0.1) is 40.3 Å². The molecule has 0 saturated heterocycles. The van der Waals surface area contributed by atoms with E-state index in [0.717, 1.165) is 60.8 Å². The summed E-state index contributed by atoms with van der Waals surface area (Å²) in [5, 5.41) is 2.14. The van der Waals surface area contributed by atoms with Crippen molar-refractivity contribution in [2.75, 3.05) is 0 Å². The van der Waals surface area contributed by atoms with Crippen molar-refractivity contribution in [3.8, 4) is 51.1 Å². The van der Waals surface area contributed by atoms with Crippen LogP contribution in [0.2, 0.25) is 0 Å². The van der Waals surface area contributed by atoms with Gasteiger partial charge >= 0.3 is 0 Å². The largest absolute Gasteiger partial charge is 0.458 e.